The molecule has 2 N–H and O–H groups in total. The van der Waals surface area contributed by atoms with Gasteiger partial charge in [-0.25, -0.2) is 9.59 Å². The number of nitrogens with zero attached hydrogens (tertiary/aromatic N) is 1. The number of amides is 2. The van der Waals surface area contributed by atoms with Crippen LogP contribution in [0.15, 0.2) is 35.5 Å². The van der Waals surface area contributed by atoms with Gasteiger partial charge in [0.25, 0.3) is 5.69 Å². The zero-order chi connectivity index (χ0) is 22.0. The molecule has 0 saturated heterocycles. The van der Waals surface area contributed by atoms with Gasteiger partial charge < -0.3 is 15.4 Å². The minimum atomic E-state index is -0.815. The van der Waals surface area contributed by atoms with Crippen LogP contribution in [0.5, 0.6) is 0 Å². The molecule has 4 unspecified atom stereocenters. The van der Waals surface area contributed by atoms with Crippen LogP contribution in [-0.4, -0.2) is 23.0 Å². The molecule has 162 valence electrons. The average molecular weight is 415 g/mol. The fourth-order valence-electron chi connectivity index (χ4n) is 4.48. The Morgan fingerprint density at radius 3 is 2.70 bits per heavy atom. The summed E-state index contributed by atoms with van der Waals surface area (Å²) >= 11 is 0. The van der Waals surface area contributed by atoms with Gasteiger partial charge in [-0.15, -0.1) is 0 Å². The highest BCUT2D eigenvalue weighted by Crippen LogP contribution is 2.37. The second-order valence-electron chi connectivity index (χ2n) is 8.69. The molecule has 1 aliphatic carbocycles. The average Bonchev–Trinajstić information content (AvgIpc) is 2.67. The van der Waals surface area contributed by atoms with Crippen LogP contribution < -0.4 is 10.6 Å². The maximum atomic E-state index is 13.3. The molecule has 0 spiro atoms. The Morgan fingerprint density at radius 2 is 2.03 bits per heavy atom. The molecular weight excluding hydrogens is 386 g/mol. The summed E-state index contributed by atoms with van der Waals surface area (Å²) in [5, 5.41) is 16.5. The number of carbonyl (C=O) groups excluding carboxylic acids is 2. The second kappa shape index (κ2) is 8.85. The van der Waals surface area contributed by atoms with Crippen LogP contribution >= 0.6 is 0 Å². The number of rotatable bonds is 5. The Balaban J connectivity index is 1.91. The number of benzene rings is 1. The summed E-state index contributed by atoms with van der Waals surface area (Å²) in [5.74, 6) is 0.654. The highest BCUT2D eigenvalue weighted by molar-refractivity contribution is 5.95. The third-order valence-corrected chi connectivity index (χ3v) is 6.12. The van der Waals surface area contributed by atoms with Crippen molar-refractivity contribution in [3.63, 3.8) is 0 Å². The Hall–Kier alpha value is -2.90. The lowest BCUT2D eigenvalue weighted by Crippen LogP contribution is -2.46. The van der Waals surface area contributed by atoms with Crippen LogP contribution in [0, 0.1) is 27.9 Å². The lowest BCUT2D eigenvalue weighted by molar-refractivity contribution is -0.384. The second-order valence-corrected chi connectivity index (χ2v) is 8.69. The summed E-state index contributed by atoms with van der Waals surface area (Å²) in [6.45, 7) is 8.08. The van der Waals surface area contributed by atoms with Gasteiger partial charge in [-0.05, 0) is 43.1 Å². The largest absolute Gasteiger partial charge is 0.459 e. The SMILES string of the molecule is CC1=C(C(=O)OC2CC(C)CCC2C(C)C)C(c2cccc([N+](=O)[O-])c2)NC(=O)N1. The molecule has 0 bridgehead atoms. The van der Waals surface area contributed by atoms with Gasteiger partial charge in [-0.1, -0.05) is 39.3 Å². The molecular formula is C22H29N3O5. The van der Waals surface area contributed by atoms with Crippen molar-refractivity contribution in [2.45, 2.75) is 59.1 Å². The van der Waals surface area contributed by atoms with Crippen LogP contribution in [0.25, 0.3) is 0 Å². The molecule has 1 saturated carbocycles. The normalized spacial score (nSPS) is 26.8. The quantitative estimate of drug-likeness (QED) is 0.425. The molecule has 0 radical (unpaired) electrons. The number of nitro groups is 1. The number of esters is 1. The lowest BCUT2D eigenvalue weighted by Gasteiger charge is -2.37. The minimum Gasteiger partial charge on any atom is -0.459 e. The predicted molar refractivity (Wildman–Crippen MR) is 111 cm³/mol. The van der Waals surface area contributed by atoms with E-state index >= 15 is 0 Å². The van der Waals surface area contributed by atoms with E-state index in [0.717, 1.165) is 19.3 Å². The highest BCUT2D eigenvalue weighted by atomic mass is 16.6. The van der Waals surface area contributed by atoms with Gasteiger partial charge in [0, 0.05) is 17.8 Å². The van der Waals surface area contributed by atoms with E-state index in [9.17, 15) is 19.7 Å². The van der Waals surface area contributed by atoms with Gasteiger partial charge in [0.15, 0.2) is 0 Å². The first-order valence-electron chi connectivity index (χ1n) is 10.4. The fraction of sp³-hybridized carbons (Fsp3) is 0.545. The van der Waals surface area contributed by atoms with Crippen molar-refractivity contribution >= 4 is 17.7 Å². The van der Waals surface area contributed by atoms with Crippen LogP contribution in [0.3, 0.4) is 0 Å². The van der Waals surface area contributed by atoms with Crippen LogP contribution in [0.4, 0.5) is 10.5 Å². The van der Waals surface area contributed by atoms with Crippen molar-refractivity contribution < 1.29 is 19.2 Å². The number of hydrogen-bond acceptors (Lipinski definition) is 5. The van der Waals surface area contributed by atoms with E-state index in [2.05, 4.69) is 31.4 Å². The van der Waals surface area contributed by atoms with E-state index in [1.807, 2.05) is 0 Å². The molecule has 2 aliphatic rings. The molecule has 1 aromatic carbocycles. The lowest BCUT2D eigenvalue weighted by atomic mass is 9.75. The monoisotopic (exact) mass is 415 g/mol. The third-order valence-electron chi connectivity index (χ3n) is 6.12. The van der Waals surface area contributed by atoms with E-state index in [1.165, 1.54) is 18.2 Å². The van der Waals surface area contributed by atoms with Gasteiger partial charge in [0.1, 0.15) is 6.10 Å². The predicted octanol–water partition coefficient (Wildman–Crippen LogP) is 4.23. The Bertz CT molecular complexity index is 879. The number of ether oxygens (including phenoxy) is 1. The summed E-state index contributed by atoms with van der Waals surface area (Å²) in [7, 11) is 0. The van der Waals surface area contributed by atoms with Crippen molar-refractivity contribution in [1.29, 1.82) is 0 Å². The van der Waals surface area contributed by atoms with Crippen molar-refractivity contribution in [2.24, 2.45) is 17.8 Å². The molecule has 2 amide bonds. The molecule has 30 heavy (non-hydrogen) atoms. The van der Waals surface area contributed by atoms with Crippen LogP contribution in [0.1, 0.15) is 58.6 Å². The Morgan fingerprint density at radius 1 is 1.30 bits per heavy atom. The van der Waals surface area contributed by atoms with Crippen LogP contribution in [0.2, 0.25) is 0 Å². The number of nitrogens with one attached hydrogen (secondary N) is 2. The number of allylic oxidation sites excluding steroid dienone is 1. The topological polar surface area (TPSA) is 111 Å². The van der Waals surface area contributed by atoms with E-state index in [0.29, 0.717) is 23.1 Å². The summed E-state index contributed by atoms with van der Waals surface area (Å²) in [5.41, 5.74) is 1.02. The smallest absolute Gasteiger partial charge is 0.338 e. The first-order chi connectivity index (χ1) is 14.2. The zero-order valence-corrected chi connectivity index (χ0v) is 17.8. The standard InChI is InChI=1S/C22H29N3O5/c1-12(2)17-9-8-13(3)10-18(17)30-21(26)19-14(4)23-22(27)24-20(19)15-6-5-7-16(11-15)25(28)29/h5-7,11-13,17-18,20H,8-10H2,1-4H3,(H2,23,24,27). The van der Waals surface area contributed by atoms with Gasteiger partial charge in [0.2, 0.25) is 0 Å². The van der Waals surface area contributed by atoms with E-state index in [-0.39, 0.29) is 23.3 Å². The van der Waals surface area contributed by atoms with Gasteiger partial charge >= 0.3 is 12.0 Å². The van der Waals surface area contributed by atoms with Gasteiger partial charge in [-0.3, -0.25) is 10.1 Å². The molecule has 4 atom stereocenters. The van der Waals surface area contributed by atoms with Crippen LogP contribution in [-0.2, 0) is 9.53 Å². The molecule has 1 heterocycles. The van der Waals surface area contributed by atoms with Crippen molar-refractivity contribution in [1.82, 2.24) is 10.6 Å². The molecule has 1 aromatic rings. The Kier molecular flexibility index (Phi) is 6.43. The van der Waals surface area contributed by atoms with Gasteiger partial charge in [-0.2, -0.15) is 0 Å². The molecule has 8 heteroatoms. The first-order valence-corrected chi connectivity index (χ1v) is 10.4. The van der Waals surface area contributed by atoms with E-state index < -0.39 is 23.0 Å². The van der Waals surface area contributed by atoms with E-state index in [4.69, 9.17) is 4.74 Å². The molecule has 8 nitrogen and oxygen atoms in total. The van der Waals surface area contributed by atoms with Crippen molar-refractivity contribution in [2.75, 3.05) is 0 Å². The first kappa shape index (κ1) is 21.8. The number of nitro benzene ring substituents is 1. The summed E-state index contributed by atoms with van der Waals surface area (Å²) < 4.78 is 5.99. The summed E-state index contributed by atoms with van der Waals surface area (Å²) in [4.78, 5) is 36.0. The van der Waals surface area contributed by atoms with Crippen molar-refractivity contribution in [3.8, 4) is 0 Å². The maximum Gasteiger partial charge on any atom is 0.338 e. The number of non-ortho nitro benzene ring substituents is 1. The Labute approximate surface area is 176 Å². The molecule has 0 aromatic heterocycles. The zero-order valence-electron chi connectivity index (χ0n) is 17.8. The summed E-state index contributed by atoms with van der Waals surface area (Å²) in [6, 6.07) is 4.66. The van der Waals surface area contributed by atoms with Gasteiger partial charge in [0.05, 0.1) is 16.5 Å². The molecule has 3 rings (SSSR count). The highest BCUT2D eigenvalue weighted by Gasteiger charge is 2.38. The minimum absolute atomic E-state index is 0.105. The number of urea groups is 1. The number of hydrogen-bond donors (Lipinski definition) is 2. The number of carbonyl (C=O) groups is 2. The summed E-state index contributed by atoms with van der Waals surface area (Å²) in [6.07, 6.45) is 2.75. The van der Waals surface area contributed by atoms with E-state index in [1.54, 1.807) is 13.0 Å². The maximum absolute atomic E-state index is 13.3. The molecule has 1 fully saturated rings. The molecule has 1 aliphatic heterocycles. The fourth-order valence-corrected chi connectivity index (χ4v) is 4.48. The third kappa shape index (κ3) is 4.63. The van der Waals surface area contributed by atoms with Crippen molar-refractivity contribution in [3.05, 3.63) is 51.2 Å².